The molecule has 0 aliphatic carbocycles. The number of aliphatic hydroxyl groups is 1. The van der Waals surface area contributed by atoms with Crippen LogP contribution in [0.25, 0.3) is 0 Å². The van der Waals surface area contributed by atoms with E-state index in [1.54, 1.807) is 6.20 Å². The SMILES string of the molecule is CCCCCC(O)CCc1ccncc1C/C=C/CCCC(=O)O. The van der Waals surface area contributed by atoms with E-state index in [0.717, 1.165) is 38.5 Å². The van der Waals surface area contributed by atoms with Crippen molar-refractivity contribution in [1.29, 1.82) is 0 Å². The maximum absolute atomic E-state index is 10.5. The molecular weight excluding hydrogens is 302 g/mol. The second kappa shape index (κ2) is 12.7. The van der Waals surface area contributed by atoms with E-state index in [1.165, 1.54) is 24.0 Å². The van der Waals surface area contributed by atoms with Gasteiger partial charge in [-0.05, 0) is 55.7 Å². The minimum atomic E-state index is -0.740. The highest BCUT2D eigenvalue weighted by Gasteiger charge is 2.07. The van der Waals surface area contributed by atoms with Crippen molar-refractivity contribution >= 4 is 5.97 Å². The van der Waals surface area contributed by atoms with E-state index in [0.29, 0.717) is 6.42 Å². The van der Waals surface area contributed by atoms with Crippen LogP contribution < -0.4 is 0 Å². The fourth-order valence-corrected chi connectivity index (χ4v) is 2.68. The number of hydrogen-bond donors (Lipinski definition) is 2. The summed E-state index contributed by atoms with van der Waals surface area (Å²) in [6.45, 7) is 2.17. The summed E-state index contributed by atoms with van der Waals surface area (Å²) in [5.41, 5.74) is 2.43. The molecule has 1 rings (SSSR count). The molecule has 1 aromatic rings. The normalized spacial score (nSPS) is 12.6. The van der Waals surface area contributed by atoms with E-state index in [4.69, 9.17) is 5.11 Å². The summed E-state index contributed by atoms with van der Waals surface area (Å²) in [5.74, 6) is -0.740. The summed E-state index contributed by atoms with van der Waals surface area (Å²) >= 11 is 0. The third kappa shape index (κ3) is 9.46. The van der Waals surface area contributed by atoms with Crippen molar-refractivity contribution in [2.24, 2.45) is 0 Å². The van der Waals surface area contributed by atoms with Crippen LogP contribution in [0.3, 0.4) is 0 Å². The van der Waals surface area contributed by atoms with Crippen molar-refractivity contribution in [2.75, 3.05) is 0 Å². The van der Waals surface area contributed by atoms with E-state index in [-0.39, 0.29) is 12.5 Å². The largest absolute Gasteiger partial charge is 0.481 e. The Morgan fingerprint density at radius 2 is 2.04 bits per heavy atom. The number of aromatic nitrogens is 1. The molecule has 4 heteroatoms. The van der Waals surface area contributed by atoms with Gasteiger partial charge in [-0.25, -0.2) is 0 Å². The van der Waals surface area contributed by atoms with E-state index in [2.05, 4.69) is 18.0 Å². The average molecular weight is 333 g/mol. The van der Waals surface area contributed by atoms with Gasteiger partial charge >= 0.3 is 5.97 Å². The van der Waals surface area contributed by atoms with Crippen LogP contribution in [0.4, 0.5) is 0 Å². The fraction of sp³-hybridized carbons (Fsp3) is 0.600. The maximum Gasteiger partial charge on any atom is 0.303 e. The van der Waals surface area contributed by atoms with Crippen molar-refractivity contribution in [3.8, 4) is 0 Å². The van der Waals surface area contributed by atoms with Crippen LogP contribution >= 0.6 is 0 Å². The van der Waals surface area contributed by atoms with Gasteiger partial charge in [0.25, 0.3) is 0 Å². The zero-order valence-corrected chi connectivity index (χ0v) is 14.8. The highest BCUT2D eigenvalue weighted by atomic mass is 16.4. The van der Waals surface area contributed by atoms with Gasteiger partial charge in [-0.3, -0.25) is 9.78 Å². The number of unbranched alkanes of at least 4 members (excludes halogenated alkanes) is 3. The molecule has 0 saturated heterocycles. The number of aliphatic carboxylic acids is 1. The number of hydrogen-bond acceptors (Lipinski definition) is 3. The van der Waals surface area contributed by atoms with Crippen molar-refractivity contribution in [2.45, 2.75) is 77.2 Å². The first kappa shape index (κ1) is 20.4. The Kier molecular flexibility index (Phi) is 10.8. The summed E-state index contributed by atoms with van der Waals surface area (Å²) in [4.78, 5) is 14.7. The van der Waals surface area contributed by atoms with E-state index >= 15 is 0 Å². The number of aryl methyl sites for hydroxylation is 1. The number of aliphatic hydroxyl groups excluding tert-OH is 1. The Morgan fingerprint density at radius 3 is 2.79 bits per heavy atom. The number of carboxylic acid groups (broad SMARTS) is 1. The number of nitrogens with zero attached hydrogens (tertiary/aromatic N) is 1. The molecule has 0 aromatic carbocycles. The lowest BCUT2D eigenvalue weighted by Gasteiger charge is -2.12. The quantitative estimate of drug-likeness (QED) is 0.417. The van der Waals surface area contributed by atoms with E-state index in [1.807, 2.05) is 18.3 Å². The van der Waals surface area contributed by atoms with Gasteiger partial charge in [0, 0.05) is 18.8 Å². The van der Waals surface area contributed by atoms with Crippen molar-refractivity contribution in [1.82, 2.24) is 4.98 Å². The molecule has 0 amide bonds. The highest BCUT2D eigenvalue weighted by Crippen LogP contribution is 2.15. The van der Waals surface area contributed by atoms with Gasteiger partial charge in [-0.1, -0.05) is 38.3 Å². The Hall–Kier alpha value is -1.68. The van der Waals surface area contributed by atoms with Crippen LogP contribution in [0.1, 0.15) is 69.4 Å². The van der Waals surface area contributed by atoms with Gasteiger partial charge in [-0.15, -0.1) is 0 Å². The molecular formula is C20H31NO3. The number of carboxylic acids is 1. The Morgan fingerprint density at radius 1 is 1.21 bits per heavy atom. The Bertz CT molecular complexity index is 499. The smallest absolute Gasteiger partial charge is 0.303 e. The second-order valence-corrected chi connectivity index (χ2v) is 6.29. The molecule has 0 spiro atoms. The van der Waals surface area contributed by atoms with E-state index < -0.39 is 5.97 Å². The van der Waals surface area contributed by atoms with Crippen LogP contribution in [0.5, 0.6) is 0 Å². The lowest BCUT2D eigenvalue weighted by molar-refractivity contribution is -0.137. The summed E-state index contributed by atoms with van der Waals surface area (Å²) in [6.07, 6.45) is 16.1. The first-order valence-corrected chi connectivity index (χ1v) is 9.10. The number of allylic oxidation sites excluding steroid dienone is 2. The van der Waals surface area contributed by atoms with Crippen LogP contribution in [-0.4, -0.2) is 27.3 Å². The molecule has 0 saturated carbocycles. The summed E-state index contributed by atoms with van der Waals surface area (Å²) in [7, 11) is 0. The second-order valence-electron chi connectivity index (χ2n) is 6.29. The standard InChI is InChI=1S/C20H31NO3/c1-2-3-6-10-19(22)13-12-17-14-15-21-16-18(17)9-7-4-5-8-11-20(23)24/h4,7,14-16,19,22H,2-3,5-6,8-13H2,1H3,(H,23,24)/b7-4+. The van der Waals surface area contributed by atoms with Crippen LogP contribution in [0.2, 0.25) is 0 Å². The predicted molar refractivity (Wildman–Crippen MR) is 97.0 cm³/mol. The molecule has 24 heavy (non-hydrogen) atoms. The molecule has 1 heterocycles. The van der Waals surface area contributed by atoms with Gasteiger partial charge in [0.2, 0.25) is 0 Å². The maximum atomic E-state index is 10.5. The monoisotopic (exact) mass is 333 g/mol. The lowest BCUT2D eigenvalue weighted by Crippen LogP contribution is -2.08. The highest BCUT2D eigenvalue weighted by molar-refractivity contribution is 5.66. The minimum absolute atomic E-state index is 0.218. The first-order chi connectivity index (χ1) is 11.6. The summed E-state index contributed by atoms with van der Waals surface area (Å²) < 4.78 is 0. The van der Waals surface area contributed by atoms with Gasteiger partial charge in [-0.2, -0.15) is 0 Å². The molecule has 0 bridgehead atoms. The molecule has 1 atom stereocenters. The minimum Gasteiger partial charge on any atom is -0.481 e. The lowest BCUT2D eigenvalue weighted by atomic mass is 9.99. The van der Waals surface area contributed by atoms with E-state index in [9.17, 15) is 9.90 Å². The number of pyridine rings is 1. The molecule has 1 aromatic heterocycles. The predicted octanol–water partition coefficient (Wildman–Crippen LogP) is 4.31. The summed E-state index contributed by atoms with van der Waals surface area (Å²) in [5, 5.41) is 18.7. The zero-order chi connectivity index (χ0) is 17.6. The number of carbonyl (C=O) groups is 1. The van der Waals surface area contributed by atoms with Gasteiger partial charge in [0.05, 0.1) is 6.10 Å². The molecule has 4 nitrogen and oxygen atoms in total. The Balaban J connectivity index is 2.38. The zero-order valence-electron chi connectivity index (χ0n) is 14.8. The van der Waals surface area contributed by atoms with Crippen LogP contribution in [0.15, 0.2) is 30.6 Å². The third-order valence-electron chi connectivity index (χ3n) is 4.16. The van der Waals surface area contributed by atoms with Crippen LogP contribution in [0, 0.1) is 0 Å². The molecule has 0 aliphatic heterocycles. The van der Waals surface area contributed by atoms with Crippen LogP contribution in [-0.2, 0) is 17.6 Å². The number of rotatable bonds is 13. The average Bonchev–Trinajstić information content (AvgIpc) is 2.57. The fourth-order valence-electron chi connectivity index (χ4n) is 2.68. The van der Waals surface area contributed by atoms with Crippen molar-refractivity contribution in [3.05, 3.63) is 41.7 Å². The molecule has 0 radical (unpaired) electrons. The van der Waals surface area contributed by atoms with Crippen molar-refractivity contribution < 1.29 is 15.0 Å². The van der Waals surface area contributed by atoms with Gasteiger partial charge in [0.1, 0.15) is 0 Å². The third-order valence-corrected chi connectivity index (χ3v) is 4.16. The molecule has 2 N–H and O–H groups in total. The topological polar surface area (TPSA) is 70.4 Å². The molecule has 1 unspecified atom stereocenters. The Labute approximate surface area is 145 Å². The van der Waals surface area contributed by atoms with Gasteiger partial charge in [0.15, 0.2) is 0 Å². The molecule has 134 valence electrons. The van der Waals surface area contributed by atoms with Crippen molar-refractivity contribution in [3.63, 3.8) is 0 Å². The van der Waals surface area contributed by atoms with Gasteiger partial charge < -0.3 is 10.2 Å². The molecule has 0 aliphatic rings. The first-order valence-electron chi connectivity index (χ1n) is 9.10. The molecule has 0 fully saturated rings. The summed E-state index contributed by atoms with van der Waals surface area (Å²) in [6, 6.07) is 2.03.